The van der Waals surface area contributed by atoms with Crippen LogP contribution in [0.4, 0.5) is 5.69 Å². The third kappa shape index (κ3) is 3.05. The van der Waals surface area contributed by atoms with Crippen molar-refractivity contribution in [2.75, 3.05) is 17.2 Å². The van der Waals surface area contributed by atoms with Crippen molar-refractivity contribution in [3.8, 4) is 0 Å². The third-order valence-corrected chi connectivity index (χ3v) is 6.14. The van der Waals surface area contributed by atoms with E-state index in [1.165, 1.54) is 12.1 Å². The fraction of sp³-hybridized carbons (Fsp3) is 0.400. The highest BCUT2D eigenvalue weighted by Crippen LogP contribution is 2.32. The largest absolute Gasteiger partial charge is 0.399 e. The molecule has 18 heavy (non-hydrogen) atoms. The number of hydrogen-bond acceptors (Lipinski definition) is 4. The standard InChI is InChI=1S/C10H12Cl2N2O2S2/c11-8-3-6(13)4-9(12)10(8)18(15,16)14-7-1-2-17-5-7/h3-4,7,14H,1-2,5,13H2. The Morgan fingerprint density at radius 1 is 1.33 bits per heavy atom. The molecule has 2 rings (SSSR count). The normalized spacial score (nSPS) is 20.2. The third-order valence-electron chi connectivity index (χ3n) is 2.54. The number of benzene rings is 1. The van der Waals surface area contributed by atoms with E-state index in [0.29, 0.717) is 5.69 Å². The van der Waals surface area contributed by atoms with Crippen LogP contribution in [-0.2, 0) is 10.0 Å². The highest BCUT2D eigenvalue weighted by molar-refractivity contribution is 7.99. The maximum Gasteiger partial charge on any atom is 0.243 e. The summed E-state index contributed by atoms with van der Waals surface area (Å²) in [7, 11) is -3.70. The lowest BCUT2D eigenvalue weighted by molar-refractivity contribution is 0.563. The molecule has 0 bridgehead atoms. The lowest BCUT2D eigenvalue weighted by Gasteiger charge is -2.14. The van der Waals surface area contributed by atoms with E-state index in [2.05, 4.69) is 4.72 Å². The maximum absolute atomic E-state index is 12.2. The van der Waals surface area contributed by atoms with E-state index in [9.17, 15) is 8.42 Å². The summed E-state index contributed by atoms with van der Waals surface area (Å²) in [5.41, 5.74) is 5.88. The molecule has 1 aromatic carbocycles. The van der Waals surface area contributed by atoms with Crippen LogP contribution < -0.4 is 10.5 Å². The van der Waals surface area contributed by atoms with Crippen molar-refractivity contribution in [2.24, 2.45) is 0 Å². The Balaban J connectivity index is 2.34. The van der Waals surface area contributed by atoms with Crippen molar-refractivity contribution < 1.29 is 8.42 Å². The first-order valence-corrected chi connectivity index (χ1v) is 8.64. The second-order valence-electron chi connectivity index (χ2n) is 4.00. The number of nitrogen functional groups attached to an aromatic ring is 1. The first kappa shape index (κ1) is 14.3. The second-order valence-corrected chi connectivity index (χ2v) is 7.61. The number of nitrogens with two attached hydrogens (primary N) is 1. The van der Waals surface area contributed by atoms with Crippen LogP contribution in [0.15, 0.2) is 17.0 Å². The molecule has 1 aliphatic rings. The fourth-order valence-corrected chi connectivity index (χ4v) is 5.50. The predicted octanol–water partition coefficient (Wildman–Crippen LogP) is 2.36. The molecule has 0 aliphatic carbocycles. The van der Waals surface area contributed by atoms with Crippen LogP contribution in [0.2, 0.25) is 10.0 Å². The van der Waals surface area contributed by atoms with E-state index in [1.807, 2.05) is 0 Å². The van der Waals surface area contributed by atoms with Gasteiger partial charge in [-0.15, -0.1) is 0 Å². The molecule has 1 aliphatic heterocycles. The average molecular weight is 327 g/mol. The Morgan fingerprint density at radius 2 is 1.94 bits per heavy atom. The zero-order chi connectivity index (χ0) is 13.3. The van der Waals surface area contributed by atoms with Crippen molar-refractivity contribution in [3.05, 3.63) is 22.2 Å². The monoisotopic (exact) mass is 326 g/mol. The zero-order valence-electron chi connectivity index (χ0n) is 9.32. The molecule has 1 fully saturated rings. The average Bonchev–Trinajstić information content (AvgIpc) is 2.66. The summed E-state index contributed by atoms with van der Waals surface area (Å²) < 4.78 is 27.0. The quantitative estimate of drug-likeness (QED) is 0.836. The minimum absolute atomic E-state index is 0.0400. The molecule has 3 N–H and O–H groups in total. The molecule has 100 valence electrons. The molecule has 0 saturated carbocycles. The summed E-state index contributed by atoms with van der Waals surface area (Å²) in [4.78, 5) is -0.100. The molecule has 4 nitrogen and oxygen atoms in total. The minimum atomic E-state index is -3.70. The van der Waals surface area contributed by atoms with Crippen molar-refractivity contribution in [2.45, 2.75) is 17.4 Å². The summed E-state index contributed by atoms with van der Waals surface area (Å²) in [6, 6.07) is 2.70. The first-order valence-electron chi connectivity index (χ1n) is 5.25. The van der Waals surface area contributed by atoms with Crippen molar-refractivity contribution in [3.63, 3.8) is 0 Å². The van der Waals surface area contributed by atoms with E-state index >= 15 is 0 Å². The van der Waals surface area contributed by atoms with Gasteiger partial charge in [0.1, 0.15) is 4.90 Å². The Hall–Kier alpha value is -0.140. The molecule has 1 unspecified atom stereocenters. The molecule has 1 atom stereocenters. The van der Waals surface area contributed by atoms with Crippen molar-refractivity contribution in [1.29, 1.82) is 0 Å². The summed E-state index contributed by atoms with van der Waals surface area (Å²) in [6.45, 7) is 0. The van der Waals surface area contributed by atoms with Crippen LogP contribution in [0.5, 0.6) is 0 Å². The topological polar surface area (TPSA) is 72.2 Å². The van der Waals surface area contributed by atoms with Gasteiger partial charge in [-0.1, -0.05) is 23.2 Å². The highest BCUT2D eigenvalue weighted by atomic mass is 35.5. The summed E-state index contributed by atoms with van der Waals surface area (Å²) in [5.74, 6) is 1.72. The number of halogens is 2. The lowest BCUT2D eigenvalue weighted by Crippen LogP contribution is -2.34. The summed E-state index contributed by atoms with van der Waals surface area (Å²) >= 11 is 13.5. The van der Waals surface area contributed by atoms with E-state index in [4.69, 9.17) is 28.9 Å². The molecule has 8 heteroatoms. The zero-order valence-corrected chi connectivity index (χ0v) is 12.5. The van der Waals surface area contributed by atoms with Gasteiger partial charge in [0.2, 0.25) is 10.0 Å². The first-order chi connectivity index (χ1) is 8.40. The summed E-state index contributed by atoms with van der Waals surface area (Å²) in [5, 5.41) is 0.0799. The molecular formula is C10H12Cl2N2O2S2. The molecule has 1 aromatic rings. The van der Waals surface area contributed by atoms with Crippen LogP contribution >= 0.6 is 35.0 Å². The van der Waals surface area contributed by atoms with Crippen molar-refractivity contribution >= 4 is 50.7 Å². The van der Waals surface area contributed by atoms with Gasteiger partial charge in [-0.3, -0.25) is 0 Å². The number of nitrogens with one attached hydrogen (secondary N) is 1. The van der Waals surface area contributed by atoms with Crippen LogP contribution in [0, 0.1) is 0 Å². The second kappa shape index (κ2) is 5.46. The Morgan fingerprint density at radius 3 is 2.44 bits per heavy atom. The maximum atomic E-state index is 12.2. The van der Waals surface area contributed by atoms with E-state index < -0.39 is 10.0 Å². The van der Waals surface area contributed by atoms with Gasteiger partial charge in [-0.25, -0.2) is 13.1 Å². The lowest BCUT2D eigenvalue weighted by atomic mass is 10.3. The van der Waals surface area contributed by atoms with Crippen LogP contribution in [0.1, 0.15) is 6.42 Å². The number of rotatable bonds is 3. The van der Waals surface area contributed by atoms with Gasteiger partial charge < -0.3 is 5.73 Å². The fourth-order valence-electron chi connectivity index (χ4n) is 1.74. The number of hydrogen-bond donors (Lipinski definition) is 2. The minimum Gasteiger partial charge on any atom is -0.399 e. The predicted molar refractivity (Wildman–Crippen MR) is 76.9 cm³/mol. The van der Waals surface area contributed by atoms with E-state index in [0.717, 1.165) is 17.9 Å². The van der Waals surface area contributed by atoms with Crippen LogP contribution in [0.3, 0.4) is 0 Å². The summed E-state index contributed by atoms with van der Waals surface area (Å²) in [6.07, 6.45) is 0.814. The molecule has 0 spiro atoms. The SMILES string of the molecule is Nc1cc(Cl)c(S(=O)(=O)NC2CCSC2)c(Cl)c1. The Labute approximate surface area is 120 Å². The smallest absolute Gasteiger partial charge is 0.243 e. The highest BCUT2D eigenvalue weighted by Gasteiger charge is 2.27. The van der Waals surface area contributed by atoms with Gasteiger partial charge >= 0.3 is 0 Å². The van der Waals surface area contributed by atoms with Gasteiger partial charge in [-0.2, -0.15) is 11.8 Å². The molecular weight excluding hydrogens is 315 g/mol. The van der Waals surface area contributed by atoms with Gasteiger partial charge in [0.25, 0.3) is 0 Å². The van der Waals surface area contributed by atoms with Crippen LogP contribution in [-0.4, -0.2) is 26.0 Å². The molecule has 1 saturated heterocycles. The van der Waals surface area contributed by atoms with Crippen LogP contribution in [0.25, 0.3) is 0 Å². The molecule has 0 aromatic heterocycles. The van der Waals surface area contributed by atoms with Crippen molar-refractivity contribution in [1.82, 2.24) is 4.72 Å². The van der Waals surface area contributed by atoms with E-state index in [-0.39, 0.29) is 21.0 Å². The van der Waals surface area contributed by atoms with Gasteiger partial charge in [0, 0.05) is 17.5 Å². The number of sulfonamides is 1. The number of anilines is 1. The molecule has 0 radical (unpaired) electrons. The van der Waals surface area contributed by atoms with Gasteiger partial charge in [0.05, 0.1) is 10.0 Å². The van der Waals surface area contributed by atoms with E-state index in [1.54, 1.807) is 11.8 Å². The number of thioether (sulfide) groups is 1. The van der Waals surface area contributed by atoms with Gasteiger partial charge in [0.15, 0.2) is 0 Å². The van der Waals surface area contributed by atoms with Gasteiger partial charge in [-0.05, 0) is 24.3 Å². The molecule has 1 heterocycles. The Kier molecular flexibility index (Phi) is 4.33. The Bertz CT molecular complexity index is 534. The molecule has 0 amide bonds.